The third-order valence-corrected chi connectivity index (χ3v) is 8.19. The minimum atomic E-state index is -0.709. The molecule has 1 aromatic carbocycles. The highest BCUT2D eigenvalue weighted by molar-refractivity contribution is 14.0. The summed E-state index contributed by atoms with van der Waals surface area (Å²) in [5, 5.41) is 7.27. The van der Waals surface area contributed by atoms with E-state index in [1.54, 1.807) is 25.5 Å². The molecule has 1 aromatic heterocycles. The number of benzene rings is 1. The molecule has 0 aliphatic heterocycles. The number of halogens is 1. The van der Waals surface area contributed by atoms with Crippen molar-refractivity contribution in [1.82, 2.24) is 10.6 Å². The van der Waals surface area contributed by atoms with E-state index in [9.17, 15) is 4.21 Å². The van der Waals surface area contributed by atoms with Gasteiger partial charge in [0.05, 0.1) is 13.7 Å². The van der Waals surface area contributed by atoms with Gasteiger partial charge in [-0.25, -0.2) is 0 Å². The van der Waals surface area contributed by atoms with Crippen molar-refractivity contribution >= 4 is 52.1 Å². The Hall–Kier alpha value is -1.13. The van der Waals surface area contributed by atoms with Crippen molar-refractivity contribution in [1.29, 1.82) is 0 Å². The second-order valence-electron chi connectivity index (χ2n) is 7.22. The van der Waals surface area contributed by atoms with Crippen LogP contribution in [0.1, 0.15) is 37.5 Å². The minimum absolute atomic E-state index is 0. The monoisotopic (exact) mass is 561 g/mol. The summed E-state index contributed by atoms with van der Waals surface area (Å²) in [6, 6.07) is 12.8. The lowest BCUT2D eigenvalue weighted by atomic mass is 9.95. The molecular formula is C22H32IN3O2S2. The number of methoxy groups -OCH3 is 1. The molecule has 2 N–H and O–H groups in total. The number of aliphatic imine (C=N–C) groups is 1. The fraction of sp³-hybridized carbons (Fsp3) is 0.500. The predicted octanol–water partition coefficient (Wildman–Crippen LogP) is 4.79. The Morgan fingerprint density at radius 1 is 1.23 bits per heavy atom. The molecule has 1 saturated carbocycles. The van der Waals surface area contributed by atoms with Crippen LogP contribution in [-0.4, -0.2) is 41.4 Å². The number of nitrogens with zero attached hydrogens (tertiary/aromatic N) is 1. The van der Waals surface area contributed by atoms with E-state index >= 15 is 0 Å². The van der Waals surface area contributed by atoms with Gasteiger partial charge in [0, 0.05) is 44.6 Å². The molecule has 1 aliphatic carbocycles. The second kappa shape index (κ2) is 12.7. The molecule has 1 heterocycles. The second-order valence-corrected chi connectivity index (χ2v) is 10.4. The third-order valence-electron chi connectivity index (χ3n) is 5.31. The Morgan fingerprint density at radius 2 is 2.00 bits per heavy atom. The lowest BCUT2D eigenvalue weighted by Gasteiger charge is -2.30. The molecule has 30 heavy (non-hydrogen) atoms. The quantitative estimate of drug-likeness (QED) is 0.290. The maximum atomic E-state index is 12.2. The van der Waals surface area contributed by atoms with Crippen LogP contribution in [0.15, 0.2) is 41.4 Å². The standard InChI is InChI=1S/C22H31N3O2S2.HI/c1-4-29(26)20-7-5-6-17(14-20)25-22(23-2)24-15-19-12-13-21(28-19)16-8-10-18(27-3)11-9-16;/h8-13,17,20H,4-7,14-15H2,1-3H3,(H2,23,24,25);1H. The van der Waals surface area contributed by atoms with Crippen LogP contribution in [0.25, 0.3) is 10.4 Å². The Balaban J connectivity index is 0.00000320. The third kappa shape index (κ3) is 6.95. The van der Waals surface area contributed by atoms with Gasteiger partial charge in [0.15, 0.2) is 5.96 Å². The molecule has 3 unspecified atom stereocenters. The van der Waals surface area contributed by atoms with E-state index in [0.29, 0.717) is 11.3 Å². The van der Waals surface area contributed by atoms with Crippen LogP contribution in [0.2, 0.25) is 0 Å². The highest BCUT2D eigenvalue weighted by Gasteiger charge is 2.26. The molecule has 5 nitrogen and oxygen atoms in total. The SMILES string of the molecule is CCS(=O)C1CCCC(NC(=NC)NCc2ccc(-c3ccc(OC)cc3)s2)C1.I. The van der Waals surface area contributed by atoms with E-state index in [4.69, 9.17) is 4.74 Å². The Morgan fingerprint density at radius 3 is 2.67 bits per heavy atom. The van der Waals surface area contributed by atoms with Gasteiger partial charge in [0.25, 0.3) is 0 Å². The van der Waals surface area contributed by atoms with Crippen LogP contribution in [0, 0.1) is 0 Å². The molecule has 0 radical (unpaired) electrons. The summed E-state index contributed by atoms with van der Waals surface area (Å²) in [5.41, 5.74) is 1.20. The summed E-state index contributed by atoms with van der Waals surface area (Å²) in [4.78, 5) is 6.88. The Labute approximate surface area is 203 Å². The summed E-state index contributed by atoms with van der Waals surface area (Å²) in [5.74, 6) is 2.44. The number of nitrogens with one attached hydrogen (secondary N) is 2. The summed E-state index contributed by atoms with van der Waals surface area (Å²) in [7, 11) is 2.78. The topological polar surface area (TPSA) is 62.7 Å². The van der Waals surface area contributed by atoms with E-state index in [0.717, 1.165) is 49.7 Å². The van der Waals surface area contributed by atoms with E-state index < -0.39 is 10.8 Å². The van der Waals surface area contributed by atoms with Gasteiger partial charge >= 0.3 is 0 Å². The fourth-order valence-electron chi connectivity index (χ4n) is 3.69. The van der Waals surface area contributed by atoms with E-state index in [2.05, 4.69) is 39.9 Å². The van der Waals surface area contributed by atoms with Crippen molar-refractivity contribution in [2.24, 2.45) is 4.99 Å². The van der Waals surface area contributed by atoms with Crippen LogP contribution in [0.3, 0.4) is 0 Å². The van der Waals surface area contributed by atoms with Gasteiger partial charge in [-0.05, 0) is 61.2 Å². The van der Waals surface area contributed by atoms with E-state index in [1.165, 1.54) is 15.3 Å². The van der Waals surface area contributed by atoms with Crippen molar-refractivity contribution in [2.45, 2.75) is 50.4 Å². The van der Waals surface area contributed by atoms with Gasteiger partial charge in [0.1, 0.15) is 5.75 Å². The summed E-state index contributed by atoms with van der Waals surface area (Å²) >= 11 is 1.78. The van der Waals surface area contributed by atoms with Crippen LogP contribution in [0.4, 0.5) is 0 Å². The number of hydrogen-bond donors (Lipinski definition) is 2. The molecular weight excluding hydrogens is 529 g/mol. The van der Waals surface area contributed by atoms with Gasteiger partial charge in [-0.15, -0.1) is 35.3 Å². The molecule has 3 atom stereocenters. The lowest BCUT2D eigenvalue weighted by Crippen LogP contribution is -2.46. The average molecular weight is 562 g/mol. The van der Waals surface area contributed by atoms with Crippen LogP contribution in [0.5, 0.6) is 5.75 Å². The van der Waals surface area contributed by atoms with Crippen LogP contribution >= 0.6 is 35.3 Å². The zero-order valence-corrected chi connectivity index (χ0v) is 21.8. The molecule has 0 spiro atoms. The fourth-order valence-corrected chi connectivity index (χ4v) is 5.99. The average Bonchev–Trinajstić information content (AvgIpc) is 3.25. The summed E-state index contributed by atoms with van der Waals surface area (Å²) in [6.07, 6.45) is 4.27. The predicted molar refractivity (Wildman–Crippen MR) is 140 cm³/mol. The van der Waals surface area contributed by atoms with Crippen molar-refractivity contribution in [3.8, 4) is 16.2 Å². The van der Waals surface area contributed by atoms with Gasteiger partial charge in [-0.3, -0.25) is 9.20 Å². The zero-order chi connectivity index (χ0) is 20.6. The molecule has 166 valence electrons. The van der Waals surface area contributed by atoms with Gasteiger partial charge in [-0.1, -0.05) is 13.3 Å². The smallest absolute Gasteiger partial charge is 0.191 e. The van der Waals surface area contributed by atoms with Gasteiger partial charge in [0.2, 0.25) is 0 Å². The van der Waals surface area contributed by atoms with Gasteiger partial charge in [-0.2, -0.15) is 0 Å². The van der Waals surface area contributed by atoms with E-state index in [-0.39, 0.29) is 24.0 Å². The molecule has 1 aliphatic rings. The molecule has 0 saturated heterocycles. The first-order chi connectivity index (χ1) is 14.1. The number of ether oxygens (including phenoxy) is 1. The largest absolute Gasteiger partial charge is 0.497 e. The first-order valence-corrected chi connectivity index (χ1v) is 12.4. The molecule has 0 amide bonds. The number of rotatable bonds is 7. The van der Waals surface area contributed by atoms with Crippen molar-refractivity contribution < 1.29 is 8.95 Å². The summed E-state index contributed by atoms with van der Waals surface area (Å²) < 4.78 is 17.4. The van der Waals surface area contributed by atoms with Crippen molar-refractivity contribution in [3.63, 3.8) is 0 Å². The first kappa shape index (κ1) is 25.1. The maximum absolute atomic E-state index is 12.2. The highest BCUT2D eigenvalue weighted by Crippen LogP contribution is 2.29. The highest BCUT2D eigenvalue weighted by atomic mass is 127. The normalized spacial score (nSPS) is 20.2. The molecule has 1 fully saturated rings. The number of hydrogen-bond acceptors (Lipinski definition) is 4. The molecule has 2 aromatic rings. The van der Waals surface area contributed by atoms with Crippen molar-refractivity contribution in [2.75, 3.05) is 19.9 Å². The minimum Gasteiger partial charge on any atom is -0.497 e. The first-order valence-electron chi connectivity index (χ1n) is 10.2. The summed E-state index contributed by atoms with van der Waals surface area (Å²) in [6.45, 7) is 2.74. The van der Waals surface area contributed by atoms with Crippen LogP contribution in [-0.2, 0) is 17.3 Å². The molecule has 0 bridgehead atoms. The van der Waals surface area contributed by atoms with E-state index in [1.807, 2.05) is 19.1 Å². The zero-order valence-electron chi connectivity index (χ0n) is 17.8. The lowest BCUT2D eigenvalue weighted by molar-refractivity contribution is 0.413. The van der Waals surface area contributed by atoms with Gasteiger partial charge < -0.3 is 15.4 Å². The number of thiophene rings is 1. The Bertz CT molecular complexity index is 839. The number of guanidine groups is 1. The molecule has 3 rings (SSSR count). The Kier molecular flexibility index (Phi) is 10.6. The van der Waals surface area contributed by atoms with Crippen LogP contribution < -0.4 is 15.4 Å². The maximum Gasteiger partial charge on any atom is 0.191 e. The van der Waals surface area contributed by atoms with Crippen molar-refractivity contribution in [3.05, 3.63) is 41.3 Å². The molecule has 8 heteroatoms.